The lowest BCUT2D eigenvalue weighted by Crippen LogP contribution is -2.50. The van der Waals surface area contributed by atoms with Crippen LogP contribution in [-0.4, -0.2) is 22.3 Å². The molecule has 0 saturated heterocycles. The highest BCUT2D eigenvalue weighted by Gasteiger charge is 2.49. The maximum atomic E-state index is 12.6. The standard InChI is InChI=1S/C22H30O3/c1-7-8-10-16(2)11-9-12-17(3)20(24)15-22(25)18(4)13-19(23)14-21(22,5)6/h7-13,25H,14-15H2,1-6H3/b8-7+,11-9+,16-10+,17-12+. The van der Waals surface area contributed by atoms with Gasteiger partial charge in [-0.2, -0.15) is 0 Å². The van der Waals surface area contributed by atoms with Crippen LogP contribution in [0, 0.1) is 5.41 Å². The van der Waals surface area contributed by atoms with Gasteiger partial charge in [0, 0.05) is 18.3 Å². The highest BCUT2D eigenvalue weighted by Crippen LogP contribution is 2.45. The molecule has 0 aromatic heterocycles. The first-order valence-electron chi connectivity index (χ1n) is 8.65. The minimum Gasteiger partial charge on any atom is -0.384 e. The number of aliphatic hydroxyl groups is 1. The molecule has 0 saturated carbocycles. The molecule has 1 N–H and O–H groups in total. The number of ketones is 2. The Balaban J connectivity index is 2.93. The third kappa shape index (κ3) is 5.23. The molecule has 1 atom stereocenters. The summed E-state index contributed by atoms with van der Waals surface area (Å²) < 4.78 is 0. The summed E-state index contributed by atoms with van der Waals surface area (Å²) in [7, 11) is 0. The minimum atomic E-state index is -1.29. The van der Waals surface area contributed by atoms with E-state index in [0.717, 1.165) is 5.57 Å². The number of hydrogen-bond acceptors (Lipinski definition) is 3. The predicted octanol–water partition coefficient (Wildman–Crippen LogP) is 4.65. The van der Waals surface area contributed by atoms with Crippen molar-refractivity contribution in [2.75, 3.05) is 0 Å². The van der Waals surface area contributed by atoms with Crippen molar-refractivity contribution < 1.29 is 14.7 Å². The maximum absolute atomic E-state index is 12.6. The molecule has 0 spiro atoms. The molecule has 0 heterocycles. The zero-order valence-corrected chi connectivity index (χ0v) is 16.2. The van der Waals surface area contributed by atoms with Gasteiger partial charge in [0.25, 0.3) is 0 Å². The van der Waals surface area contributed by atoms with Crippen molar-refractivity contribution in [2.24, 2.45) is 5.41 Å². The topological polar surface area (TPSA) is 54.4 Å². The molecule has 0 aromatic rings. The molecular weight excluding hydrogens is 312 g/mol. The fraction of sp³-hybridized carbons (Fsp3) is 0.455. The van der Waals surface area contributed by atoms with E-state index in [2.05, 4.69) is 0 Å². The zero-order valence-electron chi connectivity index (χ0n) is 16.2. The fourth-order valence-corrected chi connectivity index (χ4v) is 3.02. The summed E-state index contributed by atoms with van der Waals surface area (Å²) in [5.74, 6) is -0.115. The first-order valence-corrected chi connectivity index (χ1v) is 8.65. The van der Waals surface area contributed by atoms with Gasteiger partial charge in [-0.25, -0.2) is 0 Å². The lowest BCUT2D eigenvalue weighted by molar-refractivity contribution is -0.132. The van der Waals surface area contributed by atoms with Gasteiger partial charge < -0.3 is 5.11 Å². The quantitative estimate of drug-likeness (QED) is 0.565. The van der Waals surface area contributed by atoms with Gasteiger partial charge in [0.05, 0.1) is 5.60 Å². The molecule has 0 amide bonds. The second-order valence-corrected chi connectivity index (χ2v) is 7.46. The van der Waals surface area contributed by atoms with E-state index in [4.69, 9.17) is 0 Å². The van der Waals surface area contributed by atoms with Gasteiger partial charge in [0.2, 0.25) is 0 Å². The lowest BCUT2D eigenvalue weighted by atomic mass is 9.62. The minimum absolute atomic E-state index is 0.00165. The van der Waals surface area contributed by atoms with Gasteiger partial charge in [0.15, 0.2) is 11.6 Å². The van der Waals surface area contributed by atoms with Crippen molar-refractivity contribution in [1.29, 1.82) is 0 Å². The molecule has 1 unspecified atom stereocenters. The maximum Gasteiger partial charge on any atom is 0.161 e. The van der Waals surface area contributed by atoms with Crippen LogP contribution in [0.3, 0.4) is 0 Å². The van der Waals surface area contributed by atoms with Gasteiger partial charge in [-0.15, -0.1) is 0 Å². The molecule has 1 rings (SSSR count). The van der Waals surface area contributed by atoms with E-state index in [1.165, 1.54) is 6.08 Å². The molecule has 1 aliphatic rings. The van der Waals surface area contributed by atoms with E-state index in [0.29, 0.717) is 11.1 Å². The molecule has 25 heavy (non-hydrogen) atoms. The first-order chi connectivity index (χ1) is 11.5. The summed E-state index contributed by atoms with van der Waals surface area (Å²) in [5, 5.41) is 11.1. The van der Waals surface area contributed by atoms with Crippen molar-refractivity contribution in [3.05, 3.63) is 59.3 Å². The number of carbonyl (C=O) groups is 2. The molecule has 1 aliphatic carbocycles. The van der Waals surface area contributed by atoms with E-state index < -0.39 is 11.0 Å². The predicted molar refractivity (Wildman–Crippen MR) is 103 cm³/mol. The Labute approximate surface area is 151 Å². The van der Waals surface area contributed by atoms with Crippen LogP contribution in [0.2, 0.25) is 0 Å². The smallest absolute Gasteiger partial charge is 0.161 e. The lowest BCUT2D eigenvalue weighted by Gasteiger charge is -2.45. The van der Waals surface area contributed by atoms with Crippen molar-refractivity contribution >= 4 is 11.6 Å². The van der Waals surface area contributed by atoms with E-state index >= 15 is 0 Å². The highest BCUT2D eigenvalue weighted by molar-refractivity contribution is 5.97. The summed E-state index contributed by atoms with van der Waals surface area (Å²) >= 11 is 0. The second-order valence-electron chi connectivity index (χ2n) is 7.46. The molecule has 0 fully saturated rings. The van der Waals surface area contributed by atoms with Gasteiger partial charge >= 0.3 is 0 Å². The van der Waals surface area contributed by atoms with Gasteiger partial charge in [-0.1, -0.05) is 55.9 Å². The van der Waals surface area contributed by atoms with Crippen LogP contribution in [0.1, 0.15) is 54.4 Å². The van der Waals surface area contributed by atoms with Gasteiger partial charge in [0.1, 0.15) is 0 Å². The second kappa shape index (κ2) is 8.39. The summed E-state index contributed by atoms with van der Waals surface area (Å²) in [6.07, 6.45) is 13.1. The van der Waals surface area contributed by atoms with Gasteiger partial charge in [-0.3, -0.25) is 9.59 Å². The molecule has 0 aromatic carbocycles. The van der Waals surface area contributed by atoms with Crippen LogP contribution in [-0.2, 0) is 9.59 Å². The Kier molecular flexibility index (Phi) is 7.06. The highest BCUT2D eigenvalue weighted by atomic mass is 16.3. The van der Waals surface area contributed by atoms with Crippen LogP contribution in [0.5, 0.6) is 0 Å². The molecule has 0 radical (unpaired) electrons. The van der Waals surface area contributed by atoms with Gasteiger partial charge in [-0.05, 0) is 44.9 Å². The molecule has 3 nitrogen and oxygen atoms in total. The monoisotopic (exact) mass is 342 g/mol. The van der Waals surface area contributed by atoms with E-state index in [9.17, 15) is 14.7 Å². The third-order valence-corrected chi connectivity index (χ3v) is 4.88. The summed E-state index contributed by atoms with van der Waals surface area (Å²) in [5.41, 5.74) is 0.275. The molecule has 136 valence electrons. The van der Waals surface area contributed by atoms with Crippen LogP contribution in [0.15, 0.2) is 59.3 Å². The molecule has 0 bridgehead atoms. The number of rotatable bonds is 6. The summed E-state index contributed by atoms with van der Waals surface area (Å²) in [6.45, 7) is 11.1. The van der Waals surface area contributed by atoms with Crippen LogP contribution < -0.4 is 0 Å². The first kappa shape index (κ1) is 21.0. The summed E-state index contributed by atoms with van der Waals surface area (Å²) in [4.78, 5) is 24.4. The van der Waals surface area contributed by atoms with E-state index in [1.54, 1.807) is 19.9 Å². The van der Waals surface area contributed by atoms with Crippen molar-refractivity contribution in [3.63, 3.8) is 0 Å². The Morgan fingerprint density at radius 2 is 1.88 bits per heavy atom. The van der Waals surface area contributed by atoms with E-state index in [-0.39, 0.29) is 24.4 Å². The zero-order chi connectivity index (χ0) is 19.3. The van der Waals surface area contributed by atoms with Crippen LogP contribution in [0.4, 0.5) is 0 Å². The van der Waals surface area contributed by atoms with Crippen molar-refractivity contribution in [2.45, 2.75) is 60.0 Å². The Hall–Kier alpha value is -2.00. The Bertz CT molecular complexity index is 684. The largest absolute Gasteiger partial charge is 0.384 e. The third-order valence-electron chi connectivity index (χ3n) is 4.88. The average Bonchev–Trinajstić information content (AvgIpc) is 2.50. The van der Waals surface area contributed by atoms with Crippen molar-refractivity contribution in [3.8, 4) is 0 Å². The number of carbonyl (C=O) groups excluding carboxylic acids is 2. The number of allylic oxidation sites excluding steroid dienone is 9. The van der Waals surface area contributed by atoms with Crippen LogP contribution >= 0.6 is 0 Å². The normalized spacial score (nSPS) is 24.9. The Morgan fingerprint density at radius 1 is 1.24 bits per heavy atom. The number of Topliss-reactive ketones (excluding diaryl/α,β-unsaturated/α-hetero) is 1. The fourth-order valence-electron chi connectivity index (χ4n) is 3.02. The SMILES string of the molecule is C/C=C/C=C(C)/C=C/C=C(\C)C(=O)CC1(O)C(C)=CC(=O)CC1(C)C. The van der Waals surface area contributed by atoms with Crippen LogP contribution in [0.25, 0.3) is 0 Å². The van der Waals surface area contributed by atoms with Crippen molar-refractivity contribution in [1.82, 2.24) is 0 Å². The molecular formula is C22H30O3. The van der Waals surface area contributed by atoms with E-state index in [1.807, 2.05) is 58.1 Å². The number of hydrogen-bond donors (Lipinski definition) is 1. The summed E-state index contributed by atoms with van der Waals surface area (Å²) in [6, 6.07) is 0. The molecule has 3 heteroatoms. The average molecular weight is 342 g/mol. The molecule has 0 aliphatic heterocycles. The Morgan fingerprint density at radius 3 is 2.44 bits per heavy atom.